The van der Waals surface area contributed by atoms with Crippen LogP contribution in [0.4, 0.5) is 4.39 Å². The highest BCUT2D eigenvalue weighted by Crippen LogP contribution is 2.32. The molecule has 1 fully saturated rings. The zero-order chi connectivity index (χ0) is 15.8. The lowest BCUT2D eigenvalue weighted by Gasteiger charge is -2.27. The quantitative estimate of drug-likeness (QED) is 0.926. The van der Waals surface area contributed by atoms with Crippen molar-refractivity contribution in [1.82, 2.24) is 4.31 Å². The summed E-state index contributed by atoms with van der Waals surface area (Å²) in [6, 6.07) is 2.67. The average molecular weight is 315 g/mol. The first kappa shape index (κ1) is 15.9. The van der Waals surface area contributed by atoms with Crippen molar-refractivity contribution in [2.45, 2.75) is 50.1 Å². The highest BCUT2D eigenvalue weighted by atomic mass is 32.2. The van der Waals surface area contributed by atoms with E-state index in [4.69, 9.17) is 5.11 Å². The van der Waals surface area contributed by atoms with Crippen molar-refractivity contribution in [3.63, 3.8) is 0 Å². The molecule has 0 spiro atoms. The third-order valence-electron chi connectivity index (χ3n) is 3.93. The van der Waals surface area contributed by atoms with E-state index in [9.17, 15) is 17.6 Å². The summed E-state index contributed by atoms with van der Waals surface area (Å²) in [4.78, 5) is 10.8. The molecule has 116 valence electrons. The van der Waals surface area contributed by atoms with Gasteiger partial charge in [0.1, 0.15) is 5.82 Å². The number of rotatable bonds is 4. The van der Waals surface area contributed by atoms with Crippen LogP contribution in [-0.2, 0) is 10.0 Å². The lowest BCUT2D eigenvalue weighted by atomic mass is 10.2. The molecule has 2 atom stereocenters. The summed E-state index contributed by atoms with van der Waals surface area (Å²) in [6.45, 7) is 3.74. The van der Waals surface area contributed by atoms with Gasteiger partial charge in [0.25, 0.3) is 0 Å². The zero-order valence-corrected chi connectivity index (χ0v) is 12.7. The van der Waals surface area contributed by atoms with Crippen LogP contribution in [0.2, 0.25) is 0 Å². The zero-order valence-electron chi connectivity index (χ0n) is 11.9. The van der Waals surface area contributed by atoms with E-state index in [1.807, 2.05) is 13.8 Å². The Balaban J connectivity index is 2.49. The summed E-state index contributed by atoms with van der Waals surface area (Å²) >= 11 is 0. The van der Waals surface area contributed by atoms with Gasteiger partial charge in [-0.2, -0.15) is 4.31 Å². The molecule has 1 saturated heterocycles. The fourth-order valence-corrected chi connectivity index (χ4v) is 4.79. The Hall–Kier alpha value is -1.47. The van der Waals surface area contributed by atoms with Crippen LogP contribution in [-0.4, -0.2) is 35.9 Å². The molecule has 0 bridgehead atoms. The summed E-state index contributed by atoms with van der Waals surface area (Å²) in [5, 5.41) is 8.92. The standard InChI is InChI=1S/C14H18FNO4S/c1-3-10-5-4-9(2)16(10)21(19,20)11-6-7-13(15)12(8-11)14(17)18/h6-10H,3-5H2,1-2H3,(H,17,18). The van der Waals surface area contributed by atoms with Crippen LogP contribution in [0.3, 0.4) is 0 Å². The first-order valence-electron chi connectivity index (χ1n) is 6.85. The molecule has 0 saturated carbocycles. The van der Waals surface area contributed by atoms with Gasteiger partial charge >= 0.3 is 5.97 Å². The molecule has 0 amide bonds. The molecule has 1 aromatic carbocycles. The van der Waals surface area contributed by atoms with Gasteiger partial charge in [-0.15, -0.1) is 0 Å². The molecule has 0 aliphatic carbocycles. The third-order valence-corrected chi connectivity index (χ3v) is 5.99. The fraction of sp³-hybridized carbons (Fsp3) is 0.500. The molecule has 21 heavy (non-hydrogen) atoms. The molecule has 0 aromatic heterocycles. The predicted octanol–water partition coefficient (Wildman–Crippen LogP) is 2.48. The molecule has 1 aliphatic rings. The normalized spacial score (nSPS) is 23.4. The number of hydrogen-bond acceptors (Lipinski definition) is 3. The van der Waals surface area contributed by atoms with E-state index in [1.165, 1.54) is 4.31 Å². The van der Waals surface area contributed by atoms with Gasteiger partial charge in [0.05, 0.1) is 10.5 Å². The Kier molecular flexibility index (Phi) is 4.34. The molecule has 1 N–H and O–H groups in total. The molecular weight excluding hydrogens is 297 g/mol. The number of carboxylic acid groups (broad SMARTS) is 1. The number of sulfonamides is 1. The molecular formula is C14H18FNO4S. The molecule has 1 aromatic rings. The Morgan fingerprint density at radius 2 is 2.10 bits per heavy atom. The van der Waals surface area contributed by atoms with Gasteiger partial charge in [-0.1, -0.05) is 6.92 Å². The van der Waals surface area contributed by atoms with E-state index in [-0.39, 0.29) is 17.0 Å². The molecule has 0 radical (unpaired) electrons. The van der Waals surface area contributed by atoms with Crippen LogP contribution in [0.1, 0.15) is 43.5 Å². The first-order valence-corrected chi connectivity index (χ1v) is 8.29. The highest BCUT2D eigenvalue weighted by Gasteiger charge is 2.39. The Bertz CT molecular complexity index is 659. The molecule has 1 aliphatic heterocycles. The maximum Gasteiger partial charge on any atom is 0.338 e. The number of hydrogen-bond donors (Lipinski definition) is 1. The van der Waals surface area contributed by atoms with Gasteiger partial charge in [-0.05, 0) is 44.4 Å². The van der Waals surface area contributed by atoms with E-state index in [0.717, 1.165) is 31.0 Å². The number of benzene rings is 1. The number of carboxylic acids is 1. The summed E-state index contributed by atoms with van der Waals surface area (Å²) in [5.74, 6) is -2.42. The van der Waals surface area contributed by atoms with Crippen LogP contribution < -0.4 is 0 Å². The summed E-state index contributed by atoms with van der Waals surface area (Å²) in [6.07, 6.45) is 2.24. The molecule has 5 nitrogen and oxygen atoms in total. The van der Waals surface area contributed by atoms with Crippen molar-refractivity contribution in [3.8, 4) is 0 Å². The second-order valence-electron chi connectivity index (χ2n) is 5.27. The Labute approximate surface area is 123 Å². The van der Waals surface area contributed by atoms with Crippen LogP contribution in [0.5, 0.6) is 0 Å². The van der Waals surface area contributed by atoms with Crippen LogP contribution >= 0.6 is 0 Å². The number of nitrogens with zero attached hydrogens (tertiary/aromatic N) is 1. The van der Waals surface area contributed by atoms with Crippen molar-refractivity contribution in [1.29, 1.82) is 0 Å². The van der Waals surface area contributed by atoms with Gasteiger partial charge in [0.15, 0.2) is 0 Å². The lowest BCUT2D eigenvalue weighted by molar-refractivity contribution is 0.0691. The summed E-state index contributed by atoms with van der Waals surface area (Å²) in [7, 11) is -3.82. The van der Waals surface area contributed by atoms with Gasteiger partial charge in [-0.3, -0.25) is 0 Å². The second-order valence-corrected chi connectivity index (χ2v) is 7.11. The maximum absolute atomic E-state index is 13.4. The van der Waals surface area contributed by atoms with E-state index in [1.54, 1.807) is 0 Å². The van der Waals surface area contributed by atoms with E-state index >= 15 is 0 Å². The topological polar surface area (TPSA) is 74.7 Å². The van der Waals surface area contributed by atoms with Crippen molar-refractivity contribution in [3.05, 3.63) is 29.6 Å². The SMILES string of the molecule is CCC1CCC(C)N1S(=O)(=O)c1ccc(F)c(C(=O)O)c1. The highest BCUT2D eigenvalue weighted by molar-refractivity contribution is 7.89. The number of carbonyl (C=O) groups is 1. The summed E-state index contributed by atoms with van der Waals surface area (Å²) < 4.78 is 40.3. The van der Waals surface area contributed by atoms with Crippen molar-refractivity contribution >= 4 is 16.0 Å². The van der Waals surface area contributed by atoms with Crippen molar-refractivity contribution < 1.29 is 22.7 Å². The van der Waals surface area contributed by atoms with Crippen LogP contribution in [0.25, 0.3) is 0 Å². The van der Waals surface area contributed by atoms with Crippen molar-refractivity contribution in [2.24, 2.45) is 0 Å². The summed E-state index contributed by atoms with van der Waals surface area (Å²) in [5.41, 5.74) is -0.629. The monoisotopic (exact) mass is 315 g/mol. The maximum atomic E-state index is 13.4. The van der Waals surface area contributed by atoms with Crippen LogP contribution in [0, 0.1) is 5.82 Å². The van der Waals surface area contributed by atoms with Crippen LogP contribution in [0.15, 0.2) is 23.1 Å². The largest absolute Gasteiger partial charge is 0.478 e. The van der Waals surface area contributed by atoms with E-state index < -0.39 is 27.4 Å². The minimum atomic E-state index is -3.82. The molecule has 1 heterocycles. The van der Waals surface area contributed by atoms with Gasteiger partial charge in [-0.25, -0.2) is 17.6 Å². The van der Waals surface area contributed by atoms with Crippen molar-refractivity contribution in [2.75, 3.05) is 0 Å². The van der Waals surface area contributed by atoms with Gasteiger partial charge < -0.3 is 5.11 Å². The minimum absolute atomic E-state index is 0.0941. The molecule has 2 rings (SSSR count). The third kappa shape index (κ3) is 2.80. The predicted molar refractivity (Wildman–Crippen MR) is 75.2 cm³/mol. The lowest BCUT2D eigenvalue weighted by Crippen LogP contribution is -2.39. The second kappa shape index (κ2) is 5.73. The Morgan fingerprint density at radius 3 is 2.67 bits per heavy atom. The van der Waals surface area contributed by atoms with Gasteiger partial charge in [0, 0.05) is 12.1 Å². The first-order chi connectivity index (χ1) is 9.78. The minimum Gasteiger partial charge on any atom is -0.478 e. The van der Waals surface area contributed by atoms with Gasteiger partial charge in [0.2, 0.25) is 10.0 Å². The van der Waals surface area contributed by atoms with E-state index in [2.05, 4.69) is 0 Å². The Morgan fingerprint density at radius 1 is 1.43 bits per heavy atom. The molecule has 2 unspecified atom stereocenters. The number of aromatic carboxylic acids is 1. The number of halogens is 1. The molecule has 7 heteroatoms. The smallest absolute Gasteiger partial charge is 0.338 e. The fourth-order valence-electron chi connectivity index (χ4n) is 2.82. The average Bonchev–Trinajstić information content (AvgIpc) is 2.80. The van der Waals surface area contributed by atoms with E-state index in [0.29, 0.717) is 6.42 Å².